The predicted octanol–water partition coefficient (Wildman–Crippen LogP) is 0.882. The summed E-state index contributed by atoms with van der Waals surface area (Å²) < 4.78 is 49.5. The molecule has 0 fully saturated rings. The highest BCUT2D eigenvalue weighted by Crippen LogP contribution is 2.19. The van der Waals surface area contributed by atoms with Crippen LogP contribution in [0.4, 0.5) is 8.78 Å². The van der Waals surface area contributed by atoms with Crippen LogP contribution in [-0.2, 0) is 10.0 Å². The third-order valence-corrected chi connectivity index (χ3v) is 4.18. The van der Waals surface area contributed by atoms with Crippen molar-refractivity contribution in [2.45, 2.75) is 11.3 Å². The molecule has 0 aliphatic rings. The molecule has 0 spiro atoms. The SMILES string of the molecule is CN(CC(F)F)S(=O)(=O)c1ccccc1C#CCN. The van der Waals surface area contributed by atoms with Crippen LogP contribution in [0.5, 0.6) is 0 Å². The molecule has 0 aromatic heterocycles. The molecule has 4 nitrogen and oxygen atoms in total. The molecule has 1 aromatic carbocycles. The maximum absolute atomic E-state index is 12.3. The number of sulfonamides is 1. The summed E-state index contributed by atoms with van der Waals surface area (Å²) in [5.74, 6) is 5.16. The maximum Gasteiger partial charge on any atom is 0.252 e. The van der Waals surface area contributed by atoms with Crippen LogP contribution in [0.25, 0.3) is 0 Å². The second-order valence-corrected chi connectivity index (χ2v) is 5.69. The Morgan fingerprint density at radius 3 is 2.58 bits per heavy atom. The van der Waals surface area contributed by atoms with Gasteiger partial charge in [0.2, 0.25) is 10.0 Å². The molecular weight excluding hydrogens is 274 g/mol. The van der Waals surface area contributed by atoms with E-state index in [9.17, 15) is 17.2 Å². The normalized spacial score (nSPS) is 11.5. The lowest BCUT2D eigenvalue weighted by Crippen LogP contribution is -2.31. The first-order valence-electron chi connectivity index (χ1n) is 5.42. The van der Waals surface area contributed by atoms with Crippen molar-refractivity contribution < 1.29 is 17.2 Å². The van der Waals surface area contributed by atoms with E-state index in [1.165, 1.54) is 18.2 Å². The van der Waals surface area contributed by atoms with E-state index < -0.39 is 23.0 Å². The Morgan fingerprint density at radius 2 is 2.00 bits per heavy atom. The van der Waals surface area contributed by atoms with Crippen LogP contribution in [0.2, 0.25) is 0 Å². The number of hydrogen-bond acceptors (Lipinski definition) is 3. The third kappa shape index (κ3) is 3.99. The van der Waals surface area contributed by atoms with Crippen LogP contribution < -0.4 is 5.73 Å². The van der Waals surface area contributed by atoms with Crippen molar-refractivity contribution in [3.05, 3.63) is 29.8 Å². The van der Waals surface area contributed by atoms with Crippen molar-refractivity contribution in [2.24, 2.45) is 5.73 Å². The summed E-state index contributed by atoms with van der Waals surface area (Å²) in [5.41, 5.74) is 5.47. The molecule has 0 radical (unpaired) electrons. The molecule has 2 N–H and O–H groups in total. The highest BCUT2D eigenvalue weighted by molar-refractivity contribution is 7.89. The highest BCUT2D eigenvalue weighted by Gasteiger charge is 2.25. The van der Waals surface area contributed by atoms with E-state index >= 15 is 0 Å². The third-order valence-electron chi connectivity index (χ3n) is 2.30. The summed E-state index contributed by atoms with van der Waals surface area (Å²) in [6, 6.07) is 5.97. The Labute approximate surface area is 111 Å². The van der Waals surface area contributed by atoms with Gasteiger partial charge in [-0.1, -0.05) is 24.0 Å². The number of benzene rings is 1. The Morgan fingerprint density at radius 1 is 1.37 bits per heavy atom. The minimum Gasteiger partial charge on any atom is -0.320 e. The van der Waals surface area contributed by atoms with E-state index in [1.54, 1.807) is 6.07 Å². The van der Waals surface area contributed by atoms with Gasteiger partial charge in [0.1, 0.15) is 0 Å². The highest BCUT2D eigenvalue weighted by atomic mass is 32.2. The topological polar surface area (TPSA) is 63.4 Å². The Balaban J connectivity index is 3.21. The van der Waals surface area contributed by atoms with Crippen LogP contribution in [0.3, 0.4) is 0 Å². The molecule has 104 valence electrons. The van der Waals surface area contributed by atoms with Gasteiger partial charge in [-0.2, -0.15) is 4.31 Å². The second kappa shape index (κ2) is 6.61. The molecule has 0 aliphatic heterocycles. The lowest BCUT2D eigenvalue weighted by molar-refractivity contribution is 0.126. The largest absolute Gasteiger partial charge is 0.320 e. The molecule has 1 rings (SSSR count). The molecular formula is C12H14F2N2O2S. The molecule has 0 unspecified atom stereocenters. The minimum atomic E-state index is -3.99. The Hall–Kier alpha value is -1.49. The molecule has 1 aromatic rings. The predicted molar refractivity (Wildman–Crippen MR) is 68.2 cm³/mol. The van der Waals surface area contributed by atoms with Crippen molar-refractivity contribution in [3.63, 3.8) is 0 Å². The van der Waals surface area contributed by atoms with Gasteiger partial charge < -0.3 is 5.73 Å². The number of halogens is 2. The average molecular weight is 288 g/mol. The van der Waals surface area contributed by atoms with Crippen LogP contribution in [0.1, 0.15) is 5.56 Å². The summed E-state index contributed by atoms with van der Waals surface area (Å²) in [6.07, 6.45) is -2.73. The standard InChI is InChI=1S/C12H14F2N2O2S/c1-16(9-12(13)14)19(17,18)11-7-3-2-5-10(11)6-4-8-15/h2-3,5,7,12H,8-9,15H2,1H3. The van der Waals surface area contributed by atoms with Gasteiger partial charge in [-0.3, -0.25) is 0 Å². The zero-order valence-electron chi connectivity index (χ0n) is 10.3. The molecule has 0 saturated heterocycles. The van der Waals surface area contributed by atoms with Crippen molar-refractivity contribution >= 4 is 10.0 Å². The lowest BCUT2D eigenvalue weighted by atomic mass is 10.2. The summed E-state index contributed by atoms with van der Waals surface area (Å²) in [5, 5.41) is 0. The molecule has 0 bridgehead atoms. The van der Waals surface area contributed by atoms with Gasteiger partial charge in [-0.05, 0) is 12.1 Å². The van der Waals surface area contributed by atoms with Crippen LogP contribution in [-0.4, -0.2) is 39.3 Å². The molecule has 0 amide bonds. The maximum atomic E-state index is 12.3. The van der Waals surface area contributed by atoms with Gasteiger partial charge in [-0.15, -0.1) is 0 Å². The molecule has 0 saturated carbocycles. The monoisotopic (exact) mass is 288 g/mol. The number of rotatable bonds is 4. The number of hydrogen-bond donors (Lipinski definition) is 1. The zero-order chi connectivity index (χ0) is 14.5. The van der Waals surface area contributed by atoms with Gasteiger partial charge in [-0.25, -0.2) is 17.2 Å². The summed E-state index contributed by atoms with van der Waals surface area (Å²) in [4.78, 5) is -0.0981. The fraction of sp³-hybridized carbons (Fsp3) is 0.333. The van der Waals surface area contributed by atoms with Crippen molar-refractivity contribution in [1.82, 2.24) is 4.31 Å². The van der Waals surface area contributed by atoms with E-state index in [0.717, 1.165) is 7.05 Å². The van der Waals surface area contributed by atoms with Gasteiger partial charge >= 0.3 is 0 Å². The van der Waals surface area contributed by atoms with Gasteiger partial charge in [0.05, 0.1) is 18.0 Å². The zero-order valence-corrected chi connectivity index (χ0v) is 11.1. The lowest BCUT2D eigenvalue weighted by Gasteiger charge is -2.17. The van der Waals surface area contributed by atoms with Crippen LogP contribution >= 0.6 is 0 Å². The number of alkyl halides is 2. The summed E-state index contributed by atoms with van der Waals surface area (Å²) in [6.45, 7) is -0.776. The first-order chi connectivity index (χ1) is 8.89. The van der Waals surface area contributed by atoms with Gasteiger partial charge in [0, 0.05) is 12.6 Å². The Kier molecular flexibility index (Phi) is 5.42. The number of nitrogens with two attached hydrogens (primary N) is 1. The van der Waals surface area contributed by atoms with Crippen molar-refractivity contribution in [2.75, 3.05) is 20.1 Å². The average Bonchev–Trinajstić information content (AvgIpc) is 2.35. The quantitative estimate of drug-likeness (QED) is 0.837. The fourth-order valence-electron chi connectivity index (χ4n) is 1.40. The van der Waals surface area contributed by atoms with Crippen molar-refractivity contribution in [1.29, 1.82) is 0 Å². The fourth-order valence-corrected chi connectivity index (χ4v) is 2.69. The van der Waals surface area contributed by atoms with Crippen molar-refractivity contribution in [3.8, 4) is 11.8 Å². The van der Waals surface area contributed by atoms with Crippen LogP contribution in [0, 0.1) is 11.8 Å². The van der Waals surface area contributed by atoms with Gasteiger partial charge in [0.15, 0.2) is 0 Å². The minimum absolute atomic E-state index is 0.0846. The van der Waals surface area contributed by atoms with E-state index in [-0.39, 0.29) is 17.0 Å². The molecule has 0 heterocycles. The summed E-state index contributed by atoms with van der Waals surface area (Å²) >= 11 is 0. The number of nitrogens with zero attached hydrogens (tertiary/aromatic N) is 1. The van der Waals surface area contributed by atoms with Crippen LogP contribution in [0.15, 0.2) is 29.2 Å². The molecule has 7 heteroatoms. The molecule has 0 aliphatic carbocycles. The molecule has 0 atom stereocenters. The first-order valence-corrected chi connectivity index (χ1v) is 6.86. The van der Waals surface area contributed by atoms with Gasteiger partial charge in [0.25, 0.3) is 6.43 Å². The molecule has 19 heavy (non-hydrogen) atoms. The Bertz CT molecular complexity index is 591. The van der Waals surface area contributed by atoms with E-state index in [1.807, 2.05) is 0 Å². The smallest absolute Gasteiger partial charge is 0.252 e. The van der Waals surface area contributed by atoms with E-state index in [0.29, 0.717) is 4.31 Å². The van der Waals surface area contributed by atoms with E-state index in [4.69, 9.17) is 5.73 Å². The summed E-state index contributed by atoms with van der Waals surface area (Å²) in [7, 11) is -2.88. The second-order valence-electron chi connectivity index (χ2n) is 3.68. The first kappa shape index (κ1) is 15.6. The van der Waals surface area contributed by atoms with E-state index in [2.05, 4.69) is 11.8 Å².